The molecule has 2 aromatic rings. The summed E-state index contributed by atoms with van der Waals surface area (Å²) in [5.74, 6) is 0.431. The van der Waals surface area contributed by atoms with E-state index in [2.05, 4.69) is 4.98 Å². The fourth-order valence-electron chi connectivity index (χ4n) is 1.89. The van der Waals surface area contributed by atoms with Crippen LogP contribution in [0.25, 0.3) is 11.3 Å². The Balaban J connectivity index is 2.35. The van der Waals surface area contributed by atoms with Crippen LogP contribution in [0.4, 0.5) is 13.2 Å². The number of nitrogens with zero attached hydrogens (tertiary/aromatic N) is 1. The highest BCUT2D eigenvalue weighted by atomic mass is 19.4. The van der Waals surface area contributed by atoms with Gasteiger partial charge in [0.15, 0.2) is 6.29 Å². The van der Waals surface area contributed by atoms with Gasteiger partial charge in [-0.2, -0.15) is 13.2 Å². The summed E-state index contributed by atoms with van der Waals surface area (Å²) < 4.78 is 43.0. The maximum Gasteiger partial charge on any atom is 0.417 e. The van der Waals surface area contributed by atoms with Crippen molar-refractivity contribution in [1.82, 2.24) is 4.98 Å². The van der Waals surface area contributed by atoms with Crippen LogP contribution in [0.15, 0.2) is 36.5 Å². The molecule has 6 heteroatoms. The number of pyridine rings is 1. The van der Waals surface area contributed by atoms with Crippen LogP contribution in [-0.2, 0) is 6.18 Å². The first-order chi connectivity index (χ1) is 10.3. The molecule has 0 radical (unpaired) electrons. The molecule has 22 heavy (non-hydrogen) atoms. The molecule has 0 saturated carbocycles. The van der Waals surface area contributed by atoms with Crippen molar-refractivity contribution in [1.29, 1.82) is 0 Å². The van der Waals surface area contributed by atoms with E-state index in [4.69, 9.17) is 4.74 Å². The monoisotopic (exact) mass is 309 g/mol. The quantitative estimate of drug-likeness (QED) is 0.787. The summed E-state index contributed by atoms with van der Waals surface area (Å²) in [6, 6.07) is 7.04. The molecule has 0 N–H and O–H groups in total. The molecule has 0 aliphatic rings. The Morgan fingerprint density at radius 2 is 1.91 bits per heavy atom. The highest BCUT2D eigenvalue weighted by molar-refractivity contribution is 5.82. The van der Waals surface area contributed by atoms with E-state index in [1.165, 1.54) is 6.07 Å². The summed E-state index contributed by atoms with van der Waals surface area (Å²) in [7, 11) is 0. The zero-order valence-corrected chi connectivity index (χ0v) is 12.0. The molecule has 2 rings (SSSR count). The molecule has 3 nitrogen and oxygen atoms in total. The van der Waals surface area contributed by atoms with Crippen molar-refractivity contribution >= 4 is 6.29 Å². The topological polar surface area (TPSA) is 39.2 Å². The SMILES string of the molecule is CC(C)Oc1ccc(-c2ccc(C(F)(F)F)cn2)cc1C=O. The first-order valence-corrected chi connectivity index (χ1v) is 6.61. The third kappa shape index (κ3) is 3.63. The van der Waals surface area contributed by atoms with Crippen LogP contribution in [0.3, 0.4) is 0 Å². The van der Waals surface area contributed by atoms with Gasteiger partial charge in [-0.1, -0.05) is 0 Å². The van der Waals surface area contributed by atoms with Crippen LogP contribution >= 0.6 is 0 Å². The Kier molecular flexibility index (Phi) is 4.49. The van der Waals surface area contributed by atoms with E-state index in [9.17, 15) is 18.0 Å². The van der Waals surface area contributed by atoms with E-state index in [0.717, 1.165) is 12.3 Å². The Labute approximate surface area is 125 Å². The first-order valence-electron chi connectivity index (χ1n) is 6.61. The number of rotatable bonds is 4. The summed E-state index contributed by atoms with van der Waals surface area (Å²) in [6.45, 7) is 3.67. The molecule has 0 fully saturated rings. The van der Waals surface area contributed by atoms with Gasteiger partial charge in [-0.3, -0.25) is 9.78 Å². The standard InChI is InChI=1S/C16H14F3NO2/c1-10(2)22-15-6-3-11(7-12(15)9-21)14-5-4-13(8-20-14)16(17,18)19/h3-10H,1-2H3. The minimum Gasteiger partial charge on any atom is -0.490 e. The molecule has 0 bridgehead atoms. The van der Waals surface area contributed by atoms with Gasteiger partial charge in [0.25, 0.3) is 0 Å². The fourth-order valence-corrected chi connectivity index (χ4v) is 1.89. The van der Waals surface area contributed by atoms with E-state index < -0.39 is 11.7 Å². The second-order valence-electron chi connectivity index (χ2n) is 4.97. The molecule has 0 aliphatic carbocycles. The average Bonchev–Trinajstić information content (AvgIpc) is 2.46. The van der Waals surface area contributed by atoms with Crippen LogP contribution in [0.5, 0.6) is 5.75 Å². The van der Waals surface area contributed by atoms with E-state index in [-0.39, 0.29) is 6.10 Å². The number of halogens is 3. The Bertz CT molecular complexity index is 664. The molecule has 0 saturated heterocycles. The second-order valence-corrected chi connectivity index (χ2v) is 4.97. The lowest BCUT2D eigenvalue weighted by atomic mass is 10.1. The smallest absolute Gasteiger partial charge is 0.417 e. The Morgan fingerprint density at radius 1 is 1.18 bits per heavy atom. The number of carbonyl (C=O) groups is 1. The normalized spacial score (nSPS) is 11.5. The van der Waals surface area contributed by atoms with Gasteiger partial charge in [0, 0.05) is 11.8 Å². The van der Waals surface area contributed by atoms with Gasteiger partial charge in [-0.05, 0) is 44.2 Å². The van der Waals surface area contributed by atoms with Crippen molar-refractivity contribution in [2.45, 2.75) is 26.1 Å². The second kappa shape index (κ2) is 6.17. The maximum atomic E-state index is 12.5. The van der Waals surface area contributed by atoms with Crippen molar-refractivity contribution in [3.05, 3.63) is 47.7 Å². The fraction of sp³-hybridized carbons (Fsp3) is 0.250. The third-order valence-corrected chi connectivity index (χ3v) is 2.89. The van der Waals surface area contributed by atoms with E-state index in [1.807, 2.05) is 13.8 Å². The highest BCUT2D eigenvalue weighted by Gasteiger charge is 2.30. The van der Waals surface area contributed by atoms with Crippen molar-refractivity contribution < 1.29 is 22.7 Å². The number of hydrogen-bond donors (Lipinski definition) is 0. The Morgan fingerprint density at radius 3 is 2.41 bits per heavy atom. The molecule has 0 spiro atoms. The van der Waals surface area contributed by atoms with Crippen LogP contribution in [-0.4, -0.2) is 17.4 Å². The molecule has 1 aromatic carbocycles. The number of benzene rings is 1. The van der Waals surface area contributed by atoms with Gasteiger partial charge < -0.3 is 4.74 Å². The lowest BCUT2D eigenvalue weighted by Crippen LogP contribution is -2.07. The molecule has 0 unspecified atom stereocenters. The van der Waals surface area contributed by atoms with Crippen molar-refractivity contribution in [2.24, 2.45) is 0 Å². The number of hydrogen-bond acceptors (Lipinski definition) is 3. The number of carbonyl (C=O) groups excluding carboxylic acids is 1. The van der Waals surface area contributed by atoms with Gasteiger partial charge in [-0.15, -0.1) is 0 Å². The number of ether oxygens (including phenoxy) is 1. The largest absolute Gasteiger partial charge is 0.490 e. The minimum absolute atomic E-state index is 0.0891. The van der Waals surface area contributed by atoms with Gasteiger partial charge >= 0.3 is 6.18 Å². The van der Waals surface area contributed by atoms with Crippen molar-refractivity contribution in [3.8, 4) is 17.0 Å². The third-order valence-electron chi connectivity index (χ3n) is 2.89. The molecule has 0 amide bonds. The molecule has 0 aliphatic heterocycles. The Hall–Kier alpha value is -2.37. The summed E-state index contributed by atoms with van der Waals surface area (Å²) >= 11 is 0. The van der Waals surface area contributed by atoms with Crippen LogP contribution in [0, 0.1) is 0 Å². The zero-order chi connectivity index (χ0) is 16.3. The molecule has 116 valence electrons. The van der Waals surface area contributed by atoms with Crippen molar-refractivity contribution in [3.63, 3.8) is 0 Å². The summed E-state index contributed by atoms with van der Waals surface area (Å²) in [5, 5.41) is 0. The van der Waals surface area contributed by atoms with Crippen LogP contribution in [0.1, 0.15) is 29.8 Å². The predicted molar refractivity (Wildman–Crippen MR) is 75.8 cm³/mol. The maximum absolute atomic E-state index is 12.5. The first kappa shape index (κ1) is 16.0. The van der Waals surface area contributed by atoms with Gasteiger partial charge in [-0.25, -0.2) is 0 Å². The summed E-state index contributed by atoms with van der Waals surface area (Å²) in [4.78, 5) is 14.9. The van der Waals surface area contributed by atoms with Crippen LogP contribution < -0.4 is 4.74 Å². The molecular weight excluding hydrogens is 295 g/mol. The predicted octanol–water partition coefficient (Wildman–Crippen LogP) is 4.37. The summed E-state index contributed by atoms with van der Waals surface area (Å²) in [5.41, 5.74) is 0.415. The number of aromatic nitrogens is 1. The molecule has 0 atom stereocenters. The minimum atomic E-state index is -4.42. The van der Waals surface area contributed by atoms with Gasteiger partial charge in [0.2, 0.25) is 0 Å². The molecular formula is C16H14F3NO2. The summed E-state index contributed by atoms with van der Waals surface area (Å²) in [6.07, 6.45) is -3.09. The van der Waals surface area contributed by atoms with Crippen molar-refractivity contribution in [2.75, 3.05) is 0 Å². The lowest BCUT2D eigenvalue weighted by Gasteiger charge is -2.13. The number of alkyl halides is 3. The highest BCUT2D eigenvalue weighted by Crippen LogP contribution is 2.30. The average molecular weight is 309 g/mol. The van der Waals surface area contributed by atoms with E-state index >= 15 is 0 Å². The van der Waals surface area contributed by atoms with Gasteiger partial charge in [0.05, 0.1) is 22.9 Å². The zero-order valence-electron chi connectivity index (χ0n) is 12.0. The molecule has 1 heterocycles. The van der Waals surface area contributed by atoms with E-state index in [1.54, 1.807) is 18.2 Å². The number of aldehydes is 1. The lowest BCUT2D eigenvalue weighted by molar-refractivity contribution is -0.137. The van der Waals surface area contributed by atoms with E-state index in [0.29, 0.717) is 28.9 Å². The van der Waals surface area contributed by atoms with Gasteiger partial charge in [0.1, 0.15) is 5.75 Å². The molecule has 1 aromatic heterocycles. The van der Waals surface area contributed by atoms with Crippen LogP contribution in [0.2, 0.25) is 0 Å².